The Morgan fingerprint density at radius 1 is 1.03 bits per heavy atom. The lowest BCUT2D eigenvalue weighted by atomic mass is 10.1. The Morgan fingerprint density at radius 3 is 2.32 bits per heavy atom. The first-order valence-electron chi connectivity index (χ1n) is 12.0. The fourth-order valence-corrected chi connectivity index (χ4v) is 4.29. The molecule has 2 aromatic rings. The zero-order valence-electron chi connectivity index (χ0n) is 20.5. The number of aromatic nitrogens is 1. The number of carbonyl (C=O) groups excluding carboxylic acids is 2. The Kier molecular flexibility index (Phi) is 8.72. The van der Waals surface area contributed by atoms with Gasteiger partial charge in [-0.3, -0.25) is 14.6 Å². The number of halogens is 2. The van der Waals surface area contributed by atoms with Gasteiger partial charge in [0.25, 0.3) is 5.91 Å². The van der Waals surface area contributed by atoms with Crippen LogP contribution in [0.4, 0.5) is 14.5 Å². The second-order valence-corrected chi connectivity index (χ2v) is 9.05. The maximum absolute atomic E-state index is 14.3. The standard InChI is InChI=1S/C26H34F2N4O2/c1-5-25(33)32-13-7-11-30(18(2)3)10-6-12-31(26(34)20-9-8-19(4)29-16-20)17-21-14-22(27)23(28)15-24(21)32/h8-9,14-16,18H,5-7,10-13,17H2,1-4H3. The minimum absolute atomic E-state index is 0.0639. The molecular formula is C26H34F2N4O2. The molecule has 0 saturated heterocycles. The van der Waals surface area contributed by atoms with Crippen molar-refractivity contribution in [1.82, 2.24) is 14.8 Å². The number of nitrogens with zero attached hydrogens (tertiary/aromatic N) is 4. The molecule has 0 aliphatic carbocycles. The van der Waals surface area contributed by atoms with Crippen molar-refractivity contribution in [3.8, 4) is 0 Å². The third-order valence-electron chi connectivity index (χ3n) is 6.25. The summed E-state index contributed by atoms with van der Waals surface area (Å²) in [6, 6.07) is 6.00. The first kappa shape index (κ1) is 25.7. The van der Waals surface area contributed by atoms with Gasteiger partial charge in [0.2, 0.25) is 5.91 Å². The molecule has 0 unspecified atom stereocenters. The molecule has 0 fully saturated rings. The molecule has 0 N–H and O–H groups in total. The molecular weight excluding hydrogens is 438 g/mol. The molecule has 0 saturated carbocycles. The van der Waals surface area contributed by atoms with Crippen molar-refractivity contribution in [2.75, 3.05) is 31.1 Å². The SMILES string of the molecule is CCC(=O)N1CCCN(C(C)C)CCCN(C(=O)c2ccc(C)nc2)Cc2cc(F)c(F)cc21. The molecule has 0 atom stereocenters. The summed E-state index contributed by atoms with van der Waals surface area (Å²) in [7, 11) is 0. The lowest BCUT2D eigenvalue weighted by molar-refractivity contribution is -0.118. The van der Waals surface area contributed by atoms with E-state index < -0.39 is 11.6 Å². The normalized spacial score (nSPS) is 16.1. The van der Waals surface area contributed by atoms with Crippen LogP contribution in [0.5, 0.6) is 0 Å². The van der Waals surface area contributed by atoms with Crippen molar-refractivity contribution in [2.45, 2.75) is 59.5 Å². The van der Waals surface area contributed by atoms with E-state index in [1.165, 1.54) is 11.1 Å². The molecule has 34 heavy (non-hydrogen) atoms. The first-order valence-corrected chi connectivity index (χ1v) is 12.0. The van der Waals surface area contributed by atoms with Gasteiger partial charge in [0.15, 0.2) is 11.6 Å². The topological polar surface area (TPSA) is 56.8 Å². The average Bonchev–Trinajstić information content (AvgIpc) is 2.80. The van der Waals surface area contributed by atoms with Gasteiger partial charge in [-0.25, -0.2) is 8.78 Å². The van der Waals surface area contributed by atoms with Crippen molar-refractivity contribution < 1.29 is 18.4 Å². The van der Waals surface area contributed by atoms with E-state index >= 15 is 0 Å². The van der Waals surface area contributed by atoms with Crippen molar-refractivity contribution in [1.29, 1.82) is 0 Å². The Balaban J connectivity index is 2.05. The molecule has 2 heterocycles. The van der Waals surface area contributed by atoms with Crippen molar-refractivity contribution in [2.24, 2.45) is 0 Å². The van der Waals surface area contributed by atoms with Gasteiger partial charge in [-0.1, -0.05) is 6.92 Å². The fourth-order valence-electron chi connectivity index (χ4n) is 4.29. The van der Waals surface area contributed by atoms with Gasteiger partial charge in [0.1, 0.15) is 0 Å². The van der Waals surface area contributed by atoms with E-state index in [1.54, 1.807) is 24.0 Å². The molecule has 1 aliphatic rings. The molecule has 0 radical (unpaired) electrons. The van der Waals surface area contributed by atoms with Crippen LogP contribution in [0.15, 0.2) is 30.5 Å². The van der Waals surface area contributed by atoms with Crippen LogP contribution in [-0.2, 0) is 11.3 Å². The Hall–Kier alpha value is -2.87. The maximum atomic E-state index is 14.3. The summed E-state index contributed by atoms with van der Waals surface area (Å²) in [6.07, 6.45) is 3.22. The second kappa shape index (κ2) is 11.5. The van der Waals surface area contributed by atoms with Crippen LogP contribution in [0, 0.1) is 18.6 Å². The number of benzene rings is 1. The summed E-state index contributed by atoms with van der Waals surface area (Å²) >= 11 is 0. The molecule has 184 valence electrons. The van der Waals surface area contributed by atoms with Crippen LogP contribution in [0.3, 0.4) is 0 Å². The number of fused-ring (bicyclic) bond motifs is 1. The predicted molar refractivity (Wildman–Crippen MR) is 129 cm³/mol. The zero-order valence-corrected chi connectivity index (χ0v) is 20.5. The molecule has 0 bridgehead atoms. The largest absolute Gasteiger partial charge is 0.334 e. The number of aryl methyl sites for hydroxylation is 1. The highest BCUT2D eigenvalue weighted by molar-refractivity contribution is 5.95. The average molecular weight is 473 g/mol. The Morgan fingerprint density at radius 2 is 1.71 bits per heavy atom. The van der Waals surface area contributed by atoms with E-state index in [-0.39, 0.29) is 24.8 Å². The first-order chi connectivity index (χ1) is 16.2. The number of rotatable bonds is 3. The van der Waals surface area contributed by atoms with E-state index in [1.807, 2.05) is 6.92 Å². The number of hydrogen-bond acceptors (Lipinski definition) is 4. The van der Waals surface area contributed by atoms with Crippen molar-refractivity contribution in [3.63, 3.8) is 0 Å². The highest BCUT2D eigenvalue weighted by atomic mass is 19.2. The Labute approximate surface area is 200 Å². The van der Waals surface area contributed by atoms with Crippen molar-refractivity contribution in [3.05, 3.63) is 58.9 Å². The van der Waals surface area contributed by atoms with E-state index in [9.17, 15) is 18.4 Å². The molecule has 1 aliphatic heterocycles. The van der Waals surface area contributed by atoms with Gasteiger partial charge in [-0.2, -0.15) is 0 Å². The summed E-state index contributed by atoms with van der Waals surface area (Å²) in [5.74, 6) is -2.40. The van der Waals surface area contributed by atoms with Crippen LogP contribution in [0.25, 0.3) is 0 Å². The molecule has 8 heteroatoms. The van der Waals surface area contributed by atoms with Gasteiger partial charge in [-0.05, 0) is 57.4 Å². The highest BCUT2D eigenvalue weighted by Gasteiger charge is 2.25. The Bertz CT molecular complexity index is 1010. The van der Waals surface area contributed by atoms with E-state index in [0.717, 1.165) is 37.3 Å². The van der Waals surface area contributed by atoms with Crippen LogP contribution in [0.1, 0.15) is 61.6 Å². The summed E-state index contributed by atoms with van der Waals surface area (Å²) in [5, 5.41) is 0. The van der Waals surface area contributed by atoms with Gasteiger partial charge in [0, 0.05) is 63.1 Å². The van der Waals surface area contributed by atoms with Gasteiger partial charge >= 0.3 is 0 Å². The summed E-state index contributed by atoms with van der Waals surface area (Å²) in [5.41, 5.74) is 1.97. The molecule has 6 nitrogen and oxygen atoms in total. The number of hydrogen-bond donors (Lipinski definition) is 0. The number of pyridine rings is 1. The van der Waals surface area contributed by atoms with Crippen LogP contribution in [0.2, 0.25) is 0 Å². The van der Waals surface area contributed by atoms with E-state index in [4.69, 9.17) is 0 Å². The van der Waals surface area contributed by atoms with Crippen LogP contribution in [-0.4, -0.2) is 58.8 Å². The third kappa shape index (κ3) is 6.17. The van der Waals surface area contributed by atoms with Gasteiger partial charge in [-0.15, -0.1) is 0 Å². The minimum atomic E-state index is -1.01. The lowest BCUT2D eigenvalue weighted by Crippen LogP contribution is -2.40. The second-order valence-electron chi connectivity index (χ2n) is 9.05. The number of amides is 2. The van der Waals surface area contributed by atoms with Gasteiger partial charge < -0.3 is 14.7 Å². The predicted octanol–water partition coefficient (Wildman–Crippen LogP) is 4.56. The third-order valence-corrected chi connectivity index (χ3v) is 6.25. The zero-order chi connectivity index (χ0) is 24.8. The fraction of sp³-hybridized carbons (Fsp3) is 0.500. The molecule has 3 rings (SSSR count). The number of carbonyl (C=O) groups is 2. The molecule has 2 amide bonds. The molecule has 1 aromatic heterocycles. The van der Waals surface area contributed by atoms with Crippen LogP contribution < -0.4 is 4.90 Å². The van der Waals surface area contributed by atoms with Crippen molar-refractivity contribution >= 4 is 17.5 Å². The smallest absolute Gasteiger partial charge is 0.255 e. The maximum Gasteiger partial charge on any atom is 0.255 e. The number of anilines is 1. The molecule has 1 aromatic carbocycles. The summed E-state index contributed by atoms with van der Waals surface area (Å²) < 4.78 is 28.6. The minimum Gasteiger partial charge on any atom is -0.334 e. The molecule has 0 spiro atoms. The summed E-state index contributed by atoms with van der Waals surface area (Å²) in [6.45, 7) is 10.3. The van der Waals surface area contributed by atoms with Gasteiger partial charge in [0.05, 0.1) is 11.3 Å². The quantitative estimate of drug-likeness (QED) is 0.657. The lowest BCUT2D eigenvalue weighted by Gasteiger charge is -2.33. The van der Waals surface area contributed by atoms with Crippen LogP contribution >= 0.6 is 0 Å². The highest BCUT2D eigenvalue weighted by Crippen LogP contribution is 2.28. The van der Waals surface area contributed by atoms with E-state index in [2.05, 4.69) is 23.7 Å². The monoisotopic (exact) mass is 472 g/mol. The summed E-state index contributed by atoms with van der Waals surface area (Å²) in [4.78, 5) is 36.0. The van der Waals surface area contributed by atoms with E-state index in [0.29, 0.717) is 42.4 Å².